The molecule has 0 aliphatic rings. The lowest BCUT2D eigenvalue weighted by Gasteiger charge is -2.35. The van der Waals surface area contributed by atoms with Crippen LogP contribution in [0.4, 0.5) is 0 Å². The van der Waals surface area contributed by atoms with E-state index >= 15 is 0 Å². The molecule has 20 heavy (non-hydrogen) atoms. The summed E-state index contributed by atoms with van der Waals surface area (Å²) in [6, 6.07) is 0. The first-order valence-corrected chi connectivity index (χ1v) is 12.4. The molecule has 0 radical (unpaired) electrons. The van der Waals surface area contributed by atoms with Crippen LogP contribution in [-0.2, 0) is 13.0 Å². The van der Waals surface area contributed by atoms with E-state index in [1.165, 1.54) is 0 Å². The standard InChI is InChI=1S/C15H32O3Si2/c1-8-12-14-16-19(6,10-3)18-20(7,11-4)17-15(5)13-9-2/h10-11,15H,3-4,8-9,12-14H2,1-2,5-7H3. The third-order valence-corrected chi connectivity index (χ3v) is 9.54. The predicted octanol–water partition coefficient (Wildman–Crippen LogP) is 4.62. The van der Waals surface area contributed by atoms with Crippen LogP contribution in [0.1, 0.15) is 46.5 Å². The second kappa shape index (κ2) is 9.68. The first-order chi connectivity index (χ1) is 9.34. The molecule has 0 fully saturated rings. The van der Waals surface area contributed by atoms with Crippen molar-refractivity contribution in [3.8, 4) is 0 Å². The van der Waals surface area contributed by atoms with Crippen molar-refractivity contribution in [3.05, 3.63) is 24.6 Å². The summed E-state index contributed by atoms with van der Waals surface area (Å²) in [6.07, 6.45) is 4.48. The van der Waals surface area contributed by atoms with Crippen molar-refractivity contribution in [1.29, 1.82) is 0 Å². The van der Waals surface area contributed by atoms with Gasteiger partial charge in [0.1, 0.15) is 0 Å². The minimum atomic E-state index is -2.41. The Bertz CT molecular complexity index is 299. The Morgan fingerprint density at radius 3 is 2.10 bits per heavy atom. The van der Waals surface area contributed by atoms with Gasteiger partial charge in [-0.2, -0.15) is 0 Å². The average molecular weight is 317 g/mol. The highest BCUT2D eigenvalue weighted by molar-refractivity contribution is 6.84. The second-order valence-electron chi connectivity index (χ2n) is 5.46. The third-order valence-electron chi connectivity index (χ3n) is 3.16. The fourth-order valence-electron chi connectivity index (χ4n) is 1.93. The molecular weight excluding hydrogens is 284 g/mol. The molecule has 118 valence electrons. The van der Waals surface area contributed by atoms with Crippen molar-refractivity contribution in [2.24, 2.45) is 0 Å². The summed E-state index contributed by atoms with van der Waals surface area (Å²) in [5, 5.41) is 0. The monoisotopic (exact) mass is 316 g/mol. The maximum absolute atomic E-state index is 6.28. The van der Waals surface area contributed by atoms with E-state index in [4.69, 9.17) is 13.0 Å². The Labute approximate surface area is 127 Å². The van der Waals surface area contributed by atoms with Gasteiger partial charge < -0.3 is 13.0 Å². The molecule has 0 bridgehead atoms. The zero-order valence-corrected chi connectivity index (χ0v) is 15.9. The summed E-state index contributed by atoms with van der Waals surface area (Å²) < 4.78 is 18.4. The van der Waals surface area contributed by atoms with Crippen LogP contribution in [0, 0.1) is 0 Å². The summed E-state index contributed by atoms with van der Waals surface area (Å²) in [5.74, 6) is 0. The van der Waals surface area contributed by atoms with Crippen LogP contribution in [0.2, 0.25) is 13.1 Å². The summed E-state index contributed by atoms with van der Waals surface area (Å²) >= 11 is 0. The van der Waals surface area contributed by atoms with Crippen molar-refractivity contribution >= 4 is 17.1 Å². The molecule has 0 heterocycles. The van der Waals surface area contributed by atoms with Crippen LogP contribution < -0.4 is 0 Å². The van der Waals surface area contributed by atoms with E-state index < -0.39 is 17.1 Å². The van der Waals surface area contributed by atoms with E-state index in [1.807, 2.05) is 24.5 Å². The lowest BCUT2D eigenvalue weighted by Crippen LogP contribution is -2.51. The molecule has 0 spiro atoms. The van der Waals surface area contributed by atoms with Gasteiger partial charge in [0.25, 0.3) is 0 Å². The van der Waals surface area contributed by atoms with Gasteiger partial charge in [-0.1, -0.05) is 38.1 Å². The van der Waals surface area contributed by atoms with Gasteiger partial charge in [0.15, 0.2) is 0 Å². The maximum atomic E-state index is 6.28. The third kappa shape index (κ3) is 7.54. The molecule has 0 aromatic carbocycles. The minimum absolute atomic E-state index is 0.188. The fraction of sp³-hybridized carbons (Fsp3) is 0.733. The highest BCUT2D eigenvalue weighted by Gasteiger charge is 2.40. The van der Waals surface area contributed by atoms with Gasteiger partial charge in [-0.25, -0.2) is 0 Å². The van der Waals surface area contributed by atoms with Gasteiger partial charge >= 0.3 is 17.1 Å². The molecule has 0 saturated heterocycles. The van der Waals surface area contributed by atoms with Gasteiger partial charge in [-0.15, -0.1) is 13.2 Å². The average Bonchev–Trinajstić information content (AvgIpc) is 2.39. The fourth-order valence-corrected chi connectivity index (χ4v) is 7.92. The highest BCUT2D eigenvalue weighted by Crippen LogP contribution is 2.21. The predicted molar refractivity (Wildman–Crippen MR) is 91.0 cm³/mol. The van der Waals surface area contributed by atoms with Gasteiger partial charge in [-0.3, -0.25) is 0 Å². The molecule has 0 saturated carbocycles. The molecule has 0 amide bonds. The number of hydrogen-bond donors (Lipinski definition) is 0. The Kier molecular flexibility index (Phi) is 9.58. The first kappa shape index (κ1) is 19.8. The van der Waals surface area contributed by atoms with Gasteiger partial charge in [0.2, 0.25) is 0 Å². The van der Waals surface area contributed by atoms with Crippen LogP contribution in [0.25, 0.3) is 0 Å². The topological polar surface area (TPSA) is 27.7 Å². The van der Waals surface area contributed by atoms with Crippen LogP contribution in [0.5, 0.6) is 0 Å². The molecular formula is C15H32O3Si2. The SMILES string of the molecule is C=C[Si](C)(OCCCC)O[Si](C)(C=C)OC(C)CCC. The Balaban J connectivity index is 4.69. The van der Waals surface area contributed by atoms with Gasteiger partial charge in [0, 0.05) is 12.7 Å². The Hall–Kier alpha value is -0.206. The van der Waals surface area contributed by atoms with E-state index in [-0.39, 0.29) is 6.10 Å². The molecule has 3 unspecified atom stereocenters. The lowest BCUT2D eigenvalue weighted by atomic mass is 10.2. The van der Waals surface area contributed by atoms with Crippen molar-refractivity contribution in [3.63, 3.8) is 0 Å². The highest BCUT2D eigenvalue weighted by atomic mass is 28.5. The van der Waals surface area contributed by atoms with Gasteiger partial charge in [0.05, 0.1) is 0 Å². The molecule has 0 rings (SSSR count). The Morgan fingerprint density at radius 1 is 1.05 bits per heavy atom. The molecule has 0 aliphatic carbocycles. The van der Waals surface area contributed by atoms with E-state index in [2.05, 4.69) is 33.9 Å². The summed E-state index contributed by atoms with van der Waals surface area (Å²) in [6.45, 7) is 19.0. The van der Waals surface area contributed by atoms with Crippen molar-refractivity contribution in [2.75, 3.05) is 6.61 Å². The van der Waals surface area contributed by atoms with Crippen molar-refractivity contribution in [1.82, 2.24) is 0 Å². The van der Waals surface area contributed by atoms with Crippen LogP contribution in [0.3, 0.4) is 0 Å². The van der Waals surface area contributed by atoms with Crippen LogP contribution >= 0.6 is 0 Å². The smallest absolute Gasteiger partial charge is 0.352 e. The largest absolute Gasteiger partial charge is 0.409 e. The maximum Gasteiger partial charge on any atom is 0.352 e. The zero-order valence-electron chi connectivity index (χ0n) is 13.9. The lowest BCUT2D eigenvalue weighted by molar-refractivity contribution is 0.149. The molecule has 0 aromatic heterocycles. The van der Waals surface area contributed by atoms with Crippen LogP contribution in [0.15, 0.2) is 24.6 Å². The summed E-state index contributed by atoms with van der Waals surface area (Å²) in [5.41, 5.74) is 3.68. The summed E-state index contributed by atoms with van der Waals surface area (Å²) in [4.78, 5) is 0. The second-order valence-corrected chi connectivity index (χ2v) is 11.7. The minimum Gasteiger partial charge on any atom is -0.409 e. The van der Waals surface area contributed by atoms with Gasteiger partial charge in [-0.05, 0) is 32.9 Å². The van der Waals surface area contributed by atoms with Crippen LogP contribution in [-0.4, -0.2) is 29.8 Å². The molecule has 0 aromatic rings. The molecule has 0 N–H and O–H groups in total. The van der Waals surface area contributed by atoms with Crippen molar-refractivity contribution in [2.45, 2.75) is 65.7 Å². The Morgan fingerprint density at radius 2 is 1.65 bits per heavy atom. The number of unbranched alkanes of at least 4 members (excludes halogenated alkanes) is 1. The van der Waals surface area contributed by atoms with E-state index in [0.29, 0.717) is 0 Å². The molecule has 3 nitrogen and oxygen atoms in total. The number of hydrogen-bond acceptors (Lipinski definition) is 3. The normalized spacial score (nSPS) is 18.9. The quantitative estimate of drug-likeness (QED) is 0.388. The molecule has 0 aliphatic heterocycles. The van der Waals surface area contributed by atoms with Crippen molar-refractivity contribution < 1.29 is 13.0 Å². The number of rotatable bonds is 12. The van der Waals surface area contributed by atoms with E-state index in [1.54, 1.807) is 0 Å². The summed E-state index contributed by atoms with van der Waals surface area (Å²) in [7, 11) is -4.79. The molecule has 5 heteroatoms. The van der Waals surface area contributed by atoms with E-state index in [9.17, 15) is 0 Å². The first-order valence-electron chi connectivity index (χ1n) is 7.63. The molecule has 3 atom stereocenters. The zero-order chi connectivity index (χ0) is 15.6. The van der Waals surface area contributed by atoms with E-state index in [0.717, 1.165) is 32.3 Å².